The van der Waals surface area contributed by atoms with E-state index in [4.69, 9.17) is 10.8 Å². The summed E-state index contributed by atoms with van der Waals surface area (Å²) in [6.07, 6.45) is 0.821. The normalized spacial score (nSPS) is 17.4. The maximum Gasteiger partial charge on any atom is 0.339 e. The second kappa shape index (κ2) is 3.02. The third-order valence-corrected chi connectivity index (χ3v) is 3.68. The Kier molecular flexibility index (Phi) is 2.87. The first-order chi connectivity index (χ1) is 5.14. The number of carboxylic acids is 1. The van der Waals surface area contributed by atoms with Gasteiger partial charge in [0.05, 0.1) is 0 Å². The Labute approximate surface area is 71.5 Å². The molecule has 1 atom stereocenters. The molecule has 0 spiro atoms. The van der Waals surface area contributed by atoms with E-state index in [9.17, 15) is 13.2 Å². The first-order valence-corrected chi connectivity index (χ1v) is 5.25. The molecule has 0 aliphatic rings. The van der Waals surface area contributed by atoms with Crippen LogP contribution in [0.5, 0.6) is 0 Å². The largest absolute Gasteiger partial charge is 0.479 e. The molecule has 6 heteroatoms. The smallest absolute Gasteiger partial charge is 0.339 e. The van der Waals surface area contributed by atoms with Crippen molar-refractivity contribution in [2.45, 2.75) is 18.7 Å². The van der Waals surface area contributed by atoms with Gasteiger partial charge in [0.25, 0.3) is 0 Å². The van der Waals surface area contributed by atoms with Gasteiger partial charge in [0.15, 0.2) is 9.84 Å². The standard InChI is InChI=1S/C6H13NO4S/c1-4(2)6(7,5(8)9)12(3,10)11/h4H,7H2,1-3H3,(H,8,9). The summed E-state index contributed by atoms with van der Waals surface area (Å²) in [5.74, 6) is -2.18. The number of rotatable bonds is 3. The van der Waals surface area contributed by atoms with E-state index < -0.39 is 26.6 Å². The van der Waals surface area contributed by atoms with Gasteiger partial charge in [-0.1, -0.05) is 13.8 Å². The number of nitrogens with two attached hydrogens (primary N) is 1. The van der Waals surface area contributed by atoms with E-state index in [1.54, 1.807) is 0 Å². The number of aliphatic carboxylic acids is 1. The molecular weight excluding hydrogens is 182 g/mol. The van der Waals surface area contributed by atoms with Crippen molar-refractivity contribution in [2.24, 2.45) is 11.7 Å². The summed E-state index contributed by atoms with van der Waals surface area (Å²) in [5, 5.41) is 8.63. The highest BCUT2D eigenvalue weighted by molar-refractivity contribution is 7.92. The second-order valence-corrected chi connectivity index (χ2v) is 5.24. The van der Waals surface area contributed by atoms with E-state index in [0.29, 0.717) is 0 Å². The van der Waals surface area contributed by atoms with E-state index in [-0.39, 0.29) is 0 Å². The first-order valence-electron chi connectivity index (χ1n) is 3.36. The van der Waals surface area contributed by atoms with E-state index in [1.165, 1.54) is 13.8 Å². The Morgan fingerprint density at radius 2 is 1.83 bits per heavy atom. The Balaban J connectivity index is 5.33. The van der Waals surface area contributed by atoms with Crippen LogP contribution in [-0.4, -0.2) is 30.6 Å². The lowest BCUT2D eigenvalue weighted by atomic mass is 10.1. The van der Waals surface area contributed by atoms with Gasteiger partial charge < -0.3 is 10.8 Å². The SMILES string of the molecule is CC(C)C(N)(C(=O)O)S(C)(=O)=O. The number of hydrogen-bond donors (Lipinski definition) is 2. The van der Waals surface area contributed by atoms with Crippen LogP contribution < -0.4 is 5.73 Å². The molecule has 0 aliphatic heterocycles. The van der Waals surface area contributed by atoms with Gasteiger partial charge in [0.1, 0.15) is 0 Å². The summed E-state index contributed by atoms with van der Waals surface area (Å²) in [7, 11) is -3.78. The minimum Gasteiger partial charge on any atom is -0.479 e. The highest BCUT2D eigenvalue weighted by Gasteiger charge is 2.47. The van der Waals surface area contributed by atoms with Crippen LogP contribution in [0.15, 0.2) is 0 Å². The molecule has 3 N–H and O–H groups in total. The predicted molar refractivity (Wildman–Crippen MR) is 44.2 cm³/mol. The molecule has 5 nitrogen and oxygen atoms in total. The Hall–Kier alpha value is -0.620. The lowest BCUT2D eigenvalue weighted by Gasteiger charge is -2.26. The zero-order valence-corrected chi connectivity index (χ0v) is 8.05. The minimum absolute atomic E-state index is 0.662. The average molecular weight is 195 g/mol. The van der Waals surface area contributed by atoms with E-state index in [2.05, 4.69) is 0 Å². The molecule has 0 amide bonds. The number of carbonyl (C=O) groups is 1. The van der Waals surface area contributed by atoms with Crippen LogP contribution in [-0.2, 0) is 14.6 Å². The van der Waals surface area contributed by atoms with E-state index in [1.807, 2.05) is 0 Å². The molecule has 12 heavy (non-hydrogen) atoms. The summed E-state index contributed by atoms with van der Waals surface area (Å²) in [6.45, 7) is 2.91. The fraction of sp³-hybridized carbons (Fsp3) is 0.833. The van der Waals surface area contributed by atoms with Crippen molar-refractivity contribution >= 4 is 15.8 Å². The van der Waals surface area contributed by atoms with Crippen molar-refractivity contribution in [2.75, 3.05) is 6.26 Å². The highest BCUT2D eigenvalue weighted by Crippen LogP contribution is 2.20. The fourth-order valence-corrected chi connectivity index (χ4v) is 2.01. The molecule has 0 aromatic heterocycles. The zero-order valence-electron chi connectivity index (χ0n) is 7.23. The molecular formula is C6H13NO4S. The van der Waals surface area contributed by atoms with Crippen LogP contribution in [0.2, 0.25) is 0 Å². The molecule has 1 unspecified atom stereocenters. The molecule has 0 heterocycles. The average Bonchev–Trinajstić information content (AvgIpc) is 1.82. The quantitative estimate of drug-likeness (QED) is 0.628. The maximum atomic E-state index is 11.0. The number of sulfone groups is 1. The summed E-state index contributed by atoms with van der Waals surface area (Å²) in [5.41, 5.74) is 5.27. The molecule has 0 aromatic rings. The Morgan fingerprint density at radius 3 is 1.83 bits per heavy atom. The number of hydrogen-bond acceptors (Lipinski definition) is 4. The number of carboxylic acid groups (broad SMARTS) is 1. The molecule has 0 saturated heterocycles. The van der Waals surface area contributed by atoms with Gasteiger partial charge in [-0.05, 0) is 5.92 Å². The van der Waals surface area contributed by atoms with Crippen LogP contribution in [0.25, 0.3) is 0 Å². The van der Waals surface area contributed by atoms with Crippen LogP contribution in [0.1, 0.15) is 13.8 Å². The third-order valence-electron chi connectivity index (χ3n) is 1.81. The van der Waals surface area contributed by atoms with Crippen LogP contribution in [0.4, 0.5) is 0 Å². The van der Waals surface area contributed by atoms with Crippen LogP contribution >= 0.6 is 0 Å². The fourth-order valence-electron chi connectivity index (χ4n) is 0.834. The maximum absolute atomic E-state index is 11.0. The third kappa shape index (κ3) is 1.59. The first kappa shape index (κ1) is 11.4. The predicted octanol–water partition coefficient (Wildman–Crippen LogP) is -0.573. The molecule has 0 saturated carbocycles. The van der Waals surface area contributed by atoms with Crippen molar-refractivity contribution in [3.63, 3.8) is 0 Å². The summed E-state index contributed by atoms with van der Waals surface area (Å²) >= 11 is 0. The molecule has 0 bridgehead atoms. The van der Waals surface area contributed by atoms with Gasteiger partial charge in [0.2, 0.25) is 4.87 Å². The van der Waals surface area contributed by atoms with Crippen LogP contribution in [0, 0.1) is 5.92 Å². The van der Waals surface area contributed by atoms with Gasteiger partial charge >= 0.3 is 5.97 Å². The summed E-state index contributed by atoms with van der Waals surface area (Å²) in [6, 6.07) is 0. The highest BCUT2D eigenvalue weighted by atomic mass is 32.2. The van der Waals surface area contributed by atoms with Crippen molar-refractivity contribution in [1.82, 2.24) is 0 Å². The summed E-state index contributed by atoms with van der Waals surface area (Å²) in [4.78, 5) is 8.43. The molecule has 0 fully saturated rings. The van der Waals surface area contributed by atoms with Crippen molar-refractivity contribution in [1.29, 1.82) is 0 Å². The van der Waals surface area contributed by atoms with E-state index in [0.717, 1.165) is 6.26 Å². The lowest BCUT2D eigenvalue weighted by molar-refractivity contribution is -0.141. The zero-order chi connectivity index (χ0) is 10.2. The Morgan fingerprint density at radius 1 is 1.50 bits per heavy atom. The van der Waals surface area contributed by atoms with E-state index >= 15 is 0 Å². The molecule has 0 aromatic carbocycles. The minimum atomic E-state index is -3.78. The monoisotopic (exact) mass is 195 g/mol. The second-order valence-electron chi connectivity index (χ2n) is 3.03. The van der Waals surface area contributed by atoms with Crippen LogP contribution in [0.3, 0.4) is 0 Å². The lowest BCUT2D eigenvalue weighted by Crippen LogP contribution is -2.58. The van der Waals surface area contributed by atoms with Gasteiger partial charge in [0, 0.05) is 6.26 Å². The van der Waals surface area contributed by atoms with Crippen molar-refractivity contribution in [3.8, 4) is 0 Å². The van der Waals surface area contributed by atoms with Crippen molar-refractivity contribution < 1.29 is 18.3 Å². The van der Waals surface area contributed by atoms with Gasteiger partial charge in [-0.2, -0.15) is 0 Å². The van der Waals surface area contributed by atoms with Crippen molar-refractivity contribution in [3.05, 3.63) is 0 Å². The Bertz CT molecular complexity index is 282. The van der Waals surface area contributed by atoms with Gasteiger partial charge in [-0.25, -0.2) is 13.2 Å². The van der Waals surface area contributed by atoms with Gasteiger partial charge in [-0.3, -0.25) is 0 Å². The summed E-state index contributed by atoms with van der Waals surface area (Å²) < 4.78 is 22.1. The molecule has 72 valence electrons. The molecule has 0 aliphatic carbocycles. The molecule has 0 radical (unpaired) electrons. The van der Waals surface area contributed by atoms with Gasteiger partial charge in [-0.15, -0.1) is 0 Å². The molecule has 0 rings (SSSR count). The topological polar surface area (TPSA) is 97.5 Å².